The second-order valence-electron chi connectivity index (χ2n) is 15.2. The molecule has 0 saturated carbocycles. The molecule has 0 aromatic heterocycles. The van der Waals surface area contributed by atoms with Gasteiger partial charge in [0.2, 0.25) is 0 Å². The highest BCUT2D eigenvalue weighted by molar-refractivity contribution is 6.33. The van der Waals surface area contributed by atoms with Crippen molar-refractivity contribution in [2.45, 2.75) is 0 Å². The first-order valence-corrected chi connectivity index (χ1v) is 20.3. The van der Waals surface area contributed by atoms with Crippen LogP contribution in [0.3, 0.4) is 0 Å². The lowest BCUT2D eigenvalue weighted by Crippen LogP contribution is -2.09. The van der Waals surface area contributed by atoms with Gasteiger partial charge in [0.05, 0.1) is 0 Å². The maximum atomic E-state index is 2.45. The molecule has 0 bridgehead atoms. The van der Waals surface area contributed by atoms with Crippen LogP contribution in [0.1, 0.15) is 0 Å². The van der Waals surface area contributed by atoms with Gasteiger partial charge in [0.15, 0.2) is 0 Å². The van der Waals surface area contributed by atoms with Crippen LogP contribution in [0.15, 0.2) is 237 Å². The predicted molar refractivity (Wildman–Crippen MR) is 253 cm³/mol. The zero-order valence-electron chi connectivity index (χ0n) is 32.5. The Balaban J connectivity index is 1.21. The molecule has 0 aliphatic carbocycles. The highest BCUT2D eigenvalue weighted by Gasteiger charge is 2.22. The molecule has 276 valence electrons. The summed E-state index contributed by atoms with van der Waals surface area (Å²) in [7, 11) is 0. The Morgan fingerprint density at radius 3 is 1.39 bits per heavy atom. The predicted octanol–water partition coefficient (Wildman–Crippen LogP) is 16.4. The molecule has 11 aromatic rings. The molecule has 0 atom stereocenters. The van der Waals surface area contributed by atoms with Crippen LogP contribution in [0, 0.1) is 0 Å². The average molecular weight is 750 g/mol. The van der Waals surface area contributed by atoms with Gasteiger partial charge in [-0.05, 0) is 142 Å². The van der Waals surface area contributed by atoms with E-state index in [1.165, 1.54) is 87.6 Å². The minimum Gasteiger partial charge on any atom is -0.311 e. The first kappa shape index (κ1) is 34.5. The molecule has 0 amide bonds. The van der Waals surface area contributed by atoms with Gasteiger partial charge in [-0.25, -0.2) is 0 Å². The van der Waals surface area contributed by atoms with Gasteiger partial charge in [-0.15, -0.1) is 0 Å². The standard InChI is InChI=1S/C58H39N/c1-5-18-41(19-6-1)53-39-54(42-31-34-49(35-32-42)59(47-23-9-3-10-24-47)48-25-11-4-12-26-48)57-51-28-16-15-27-50(51)55-38-46(45-30-29-40-17-13-14-22-44(40)37-45)33-36-52(55)58(57)56(53)43-20-7-2-8-21-43/h1-39H. The summed E-state index contributed by atoms with van der Waals surface area (Å²) in [4.78, 5) is 2.33. The quantitative estimate of drug-likeness (QED) is 0.147. The van der Waals surface area contributed by atoms with Gasteiger partial charge in [0, 0.05) is 17.1 Å². The van der Waals surface area contributed by atoms with Gasteiger partial charge in [0.1, 0.15) is 0 Å². The molecule has 0 unspecified atom stereocenters. The van der Waals surface area contributed by atoms with Crippen molar-refractivity contribution in [3.05, 3.63) is 237 Å². The van der Waals surface area contributed by atoms with Crippen molar-refractivity contribution >= 4 is 60.2 Å². The summed E-state index contributed by atoms with van der Waals surface area (Å²) < 4.78 is 0. The smallest absolute Gasteiger partial charge is 0.0462 e. The summed E-state index contributed by atoms with van der Waals surface area (Å²) in [5.74, 6) is 0. The second-order valence-corrected chi connectivity index (χ2v) is 15.2. The summed E-state index contributed by atoms with van der Waals surface area (Å²) in [5, 5.41) is 10.0. The van der Waals surface area contributed by atoms with E-state index in [-0.39, 0.29) is 0 Å². The molecule has 1 nitrogen and oxygen atoms in total. The minimum atomic E-state index is 1.11. The molecular weight excluding hydrogens is 711 g/mol. The fourth-order valence-electron chi connectivity index (χ4n) is 9.07. The number of nitrogens with zero attached hydrogens (tertiary/aromatic N) is 1. The van der Waals surface area contributed by atoms with Crippen molar-refractivity contribution in [2.75, 3.05) is 4.90 Å². The van der Waals surface area contributed by atoms with Crippen LogP contribution in [-0.4, -0.2) is 0 Å². The molecule has 0 heterocycles. The Kier molecular flexibility index (Phi) is 8.56. The van der Waals surface area contributed by atoms with Crippen molar-refractivity contribution < 1.29 is 0 Å². The first-order valence-electron chi connectivity index (χ1n) is 20.3. The fraction of sp³-hybridized carbons (Fsp3) is 0. The lowest BCUT2D eigenvalue weighted by atomic mass is 9.81. The van der Waals surface area contributed by atoms with E-state index in [9.17, 15) is 0 Å². The second kappa shape index (κ2) is 14.6. The van der Waals surface area contributed by atoms with Gasteiger partial charge in [-0.2, -0.15) is 0 Å². The molecule has 11 rings (SSSR count). The number of benzene rings is 11. The van der Waals surface area contributed by atoms with Crippen molar-refractivity contribution in [2.24, 2.45) is 0 Å². The van der Waals surface area contributed by atoms with Crippen molar-refractivity contribution in [1.29, 1.82) is 0 Å². The van der Waals surface area contributed by atoms with Crippen LogP contribution in [0.4, 0.5) is 17.1 Å². The third-order valence-corrected chi connectivity index (χ3v) is 11.8. The van der Waals surface area contributed by atoms with Gasteiger partial charge in [-0.3, -0.25) is 0 Å². The van der Waals surface area contributed by atoms with E-state index < -0.39 is 0 Å². The van der Waals surface area contributed by atoms with Gasteiger partial charge in [0.25, 0.3) is 0 Å². The summed E-state index contributed by atoms with van der Waals surface area (Å²) in [6.07, 6.45) is 0. The highest BCUT2D eigenvalue weighted by Crippen LogP contribution is 2.50. The summed E-state index contributed by atoms with van der Waals surface area (Å²) in [5.41, 5.74) is 13.0. The number of rotatable bonds is 7. The maximum Gasteiger partial charge on any atom is 0.0462 e. The van der Waals surface area contributed by atoms with Crippen molar-refractivity contribution in [1.82, 2.24) is 0 Å². The van der Waals surface area contributed by atoms with E-state index in [1.807, 2.05) is 0 Å². The summed E-state index contributed by atoms with van der Waals surface area (Å²) in [6, 6.07) is 86.3. The highest BCUT2D eigenvalue weighted by atomic mass is 15.1. The Morgan fingerprint density at radius 1 is 0.237 bits per heavy atom. The Bertz CT molecular complexity index is 3240. The molecule has 11 aromatic carbocycles. The number of fused-ring (bicyclic) bond motifs is 7. The monoisotopic (exact) mass is 749 g/mol. The molecule has 0 radical (unpaired) electrons. The van der Waals surface area contributed by atoms with Crippen molar-refractivity contribution in [3.63, 3.8) is 0 Å². The maximum absolute atomic E-state index is 2.45. The molecule has 0 N–H and O–H groups in total. The van der Waals surface area contributed by atoms with E-state index in [0.717, 1.165) is 17.1 Å². The molecule has 0 aliphatic heterocycles. The normalized spacial score (nSPS) is 11.4. The molecule has 0 saturated heterocycles. The largest absolute Gasteiger partial charge is 0.311 e. The molecular formula is C58H39N. The molecule has 1 heteroatoms. The Labute approximate surface area is 344 Å². The van der Waals surface area contributed by atoms with E-state index in [4.69, 9.17) is 0 Å². The van der Waals surface area contributed by atoms with Gasteiger partial charge in [-0.1, -0.05) is 182 Å². The van der Waals surface area contributed by atoms with Crippen LogP contribution in [0.25, 0.3) is 87.6 Å². The molecule has 0 fully saturated rings. The number of anilines is 3. The molecule has 59 heavy (non-hydrogen) atoms. The van der Waals surface area contributed by atoms with Crippen molar-refractivity contribution in [3.8, 4) is 44.5 Å². The zero-order chi connectivity index (χ0) is 39.1. The lowest BCUT2D eigenvalue weighted by Gasteiger charge is -2.26. The van der Waals surface area contributed by atoms with Crippen LogP contribution >= 0.6 is 0 Å². The third kappa shape index (κ3) is 6.12. The third-order valence-electron chi connectivity index (χ3n) is 11.8. The first-order chi connectivity index (χ1) is 29.3. The summed E-state index contributed by atoms with van der Waals surface area (Å²) >= 11 is 0. The Morgan fingerprint density at radius 2 is 0.712 bits per heavy atom. The van der Waals surface area contributed by atoms with E-state index in [2.05, 4.69) is 241 Å². The summed E-state index contributed by atoms with van der Waals surface area (Å²) in [6.45, 7) is 0. The zero-order valence-corrected chi connectivity index (χ0v) is 32.5. The lowest BCUT2D eigenvalue weighted by molar-refractivity contribution is 1.28. The van der Waals surface area contributed by atoms with Crippen LogP contribution in [0.2, 0.25) is 0 Å². The van der Waals surface area contributed by atoms with Gasteiger partial charge < -0.3 is 4.90 Å². The van der Waals surface area contributed by atoms with E-state index in [1.54, 1.807) is 0 Å². The number of hydrogen-bond acceptors (Lipinski definition) is 1. The van der Waals surface area contributed by atoms with E-state index in [0.29, 0.717) is 0 Å². The fourth-order valence-corrected chi connectivity index (χ4v) is 9.07. The number of para-hydroxylation sites is 2. The topological polar surface area (TPSA) is 3.24 Å². The Hall–Kier alpha value is -7.74. The van der Waals surface area contributed by atoms with Gasteiger partial charge >= 0.3 is 0 Å². The van der Waals surface area contributed by atoms with E-state index >= 15 is 0 Å². The molecule has 0 spiro atoms. The van der Waals surface area contributed by atoms with Crippen LogP contribution in [0.5, 0.6) is 0 Å². The number of hydrogen-bond donors (Lipinski definition) is 0. The van der Waals surface area contributed by atoms with Crippen LogP contribution < -0.4 is 4.90 Å². The SMILES string of the molecule is c1ccc(-c2cc(-c3ccc(N(c4ccccc4)c4ccccc4)cc3)c3c4ccccc4c4cc(-c5ccc6ccccc6c5)ccc4c3c2-c2ccccc2)cc1. The average Bonchev–Trinajstić information content (AvgIpc) is 3.32. The molecule has 0 aliphatic rings. The minimum absolute atomic E-state index is 1.11. The van der Waals surface area contributed by atoms with Crippen LogP contribution in [-0.2, 0) is 0 Å².